The molecule has 12 rings (SSSR count). The number of hydrogen-bond donors (Lipinski definition) is 0. The van der Waals surface area contributed by atoms with Crippen LogP contribution in [-0.2, 0) is 0 Å². The molecule has 0 saturated carbocycles. The summed E-state index contributed by atoms with van der Waals surface area (Å²) in [5.74, 6) is 0. The smallest absolute Gasteiger partial charge is 0.342 e. The van der Waals surface area contributed by atoms with Crippen molar-refractivity contribution in [3.8, 4) is 0 Å². The maximum atomic E-state index is 2.63. The average Bonchev–Trinajstić information content (AvgIpc) is 3.75. The van der Waals surface area contributed by atoms with Gasteiger partial charge in [0.05, 0.1) is 22.4 Å². The van der Waals surface area contributed by atoms with Crippen LogP contribution in [0, 0.1) is 0 Å². The molecular formula is C48H30BN3. The Kier molecular flexibility index (Phi) is 5.58. The minimum atomic E-state index is -0.204. The van der Waals surface area contributed by atoms with Crippen LogP contribution in [0.4, 0.5) is 11.4 Å². The predicted molar refractivity (Wildman–Crippen MR) is 223 cm³/mol. The van der Waals surface area contributed by atoms with Crippen LogP contribution in [0.25, 0.3) is 86.7 Å². The Balaban J connectivity index is 1.42. The van der Waals surface area contributed by atoms with Crippen LogP contribution in [-0.4, -0.2) is 16.1 Å². The van der Waals surface area contributed by atoms with Gasteiger partial charge >= 0.3 is 7.12 Å². The van der Waals surface area contributed by atoms with E-state index in [2.05, 4.69) is 196 Å². The molecule has 0 fully saturated rings. The minimum Gasteiger partial charge on any atom is -0.342 e. The van der Waals surface area contributed by atoms with Crippen molar-refractivity contribution in [1.29, 1.82) is 0 Å². The summed E-state index contributed by atoms with van der Waals surface area (Å²) in [6.07, 6.45) is 0. The van der Waals surface area contributed by atoms with Crippen LogP contribution in [0.1, 0.15) is 0 Å². The molecule has 10 aromatic rings. The summed E-state index contributed by atoms with van der Waals surface area (Å²) in [5.41, 5.74) is 7.26. The fourth-order valence-corrected chi connectivity index (χ4v) is 9.47. The third-order valence-corrected chi connectivity index (χ3v) is 11.5. The van der Waals surface area contributed by atoms with E-state index in [0.29, 0.717) is 0 Å². The van der Waals surface area contributed by atoms with Crippen LogP contribution in [0.15, 0.2) is 182 Å². The molecule has 4 heteroatoms. The van der Waals surface area contributed by atoms with Gasteiger partial charge in [-0.15, -0.1) is 0 Å². The molecule has 0 aliphatic carbocycles. The van der Waals surface area contributed by atoms with E-state index in [9.17, 15) is 0 Å². The van der Waals surface area contributed by atoms with Crippen molar-refractivity contribution < 1.29 is 0 Å². The molecule has 0 spiro atoms. The van der Waals surface area contributed by atoms with Gasteiger partial charge in [0.2, 0.25) is 0 Å². The van der Waals surface area contributed by atoms with Crippen LogP contribution >= 0.6 is 0 Å². The molecule has 0 radical (unpaired) electrons. The summed E-state index contributed by atoms with van der Waals surface area (Å²) >= 11 is 0. The molecule has 8 aromatic carbocycles. The van der Waals surface area contributed by atoms with Crippen molar-refractivity contribution in [1.82, 2.24) is 8.96 Å². The molecule has 2 aliphatic rings. The van der Waals surface area contributed by atoms with Crippen LogP contribution in [0.5, 0.6) is 0 Å². The Morgan fingerprint density at radius 2 is 0.519 bits per heavy atom. The molecule has 0 amide bonds. The van der Waals surface area contributed by atoms with E-state index in [0.717, 1.165) is 0 Å². The van der Waals surface area contributed by atoms with E-state index in [1.165, 1.54) is 98.1 Å². The maximum absolute atomic E-state index is 2.63. The van der Waals surface area contributed by atoms with Gasteiger partial charge in [0, 0.05) is 32.6 Å². The molecule has 3 nitrogen and oxygen atoms in total. The first-order valence-corrected chi connectivity index (χ1v) is 18.1. The third kappa shape index (κ3) is 3.56. The average molecular weight is 660 g/mol. The Hall–Kier alpha value is -6.78. The number of para-hydroxylation sites is 4. The topological polar surface area (TPSA) is 13.1 Å². The summed E-state index contributed by atoms with van der Waals surface area (Å²) in [6.45, 7) is 0. The standard InChI is InChI=1S/C48H30BN3/c1-5-19-35-31(15-1)33-17-3-7-21-37(33)41-25-13-29-45-47(41)51(43-27-11-9-23-39(35)43)49-50(45)46-30-14-26-42-38-22-8-4-18-34(38)32-16-2-6-20-36(32)40-24-10-12-28-44(40)52(49)48(42)46/h1-30H. The van der Waals surface area contributed by atoms with Gasteiger partial charge in [-0.2, -0.15) is 0 Å². The highest BCUT2D eigenvalue weighted by Crippen LogP contribution is 2.50. The molecule has 0 atom stereocenters. The number of fused-ring (bicyclic) bond motifs is 19. The zero-order valence-corrected chi connectivity index (χ0v) is 28.2. The number of aromatic nitrogens is 2. The predicted octanol–water partition coefficient (Wildman–Crippen LogP) is 12.6. The van der Waals surface area contributed by atoms with Gasteiger partial charge in [0.1, 0.15) is 0 Å². The van der Waals surface area contributed by atoms with Crippen molar-refractivity contribution in [2.75, 3.05) is 4.81 Å². The Bertz CT molecular complexity index is 3110. The molecule has 2 aromatic heterocycles. The highest BCUT2D eigenvalue weighted by Gasteiger charge is 2.45. The van der Waals surface area contributed by atoms with Crippen LogP contribution in [0.3, 0.4) is 0 Å². The molecule has 0 bridgehead atoms. The Morgan fingerprint density at radius 1 is 0.250 bits per heavy atom. The van der Waals surface area contributed by atoms with Gasteiger partial charge in [0.25, 0.3) is 0 Å². The van der Waals surface area contributed by atoms with Crippen molar-refractivity contribution >= 4 is 105 Å². The maximum Gasteiger partial charge on any atom is 0.519 e. The quantitative estimate of drug-likeness (QED) is 0.148. The molecule has 4 heterocycles. The highest BCUT2D eigenvalue weighted by atomic mass is 15.3. The molecular weight excluding hydrogens is 629 g/mol. The molecule has 0 saturated heterocycles. The second-order valence-electron chi connectivity index (χ2n) is 14.0. The molecule has 240 valence electrons. The second-order valence-corrected chi connectivity index (χ2v) is 14.0. The SMILES string of the molecule is c1ccc2c(c1)c1ccccc1c1cccc3c1n(c1ccccc21)B1N3c2cccc3c4ccccc4c4ccccc4c4ccccc4n1c23. The summed E-state index contributed by atoms with van der Waals surface area (Å²) < 4.78 is 5.27. The molecule has 0 N–H and O–H groups in total. The second kappa shape index (κ2) is 10.4. The van der Waals surface area contributed by atoms with Gasteiger partial charge in [0.15, 0.2) is 0 Å². The number of rotatable bonds is 0. The van der Waals surface area contributed by atoms with Crippen molar-refractivity contribution in [2.24, 2.45) is 0 Å². The van der Waals surface area contributed by atoms with E-state index in [4.69, 9.17) is 0 Å². The molecule has 52 heavy (non-hydrogen) atoms. The first-order chi connectivity index (χ1) is 25.9. The lowest BCUT2D eigenvalue weighted by Gasteiger charge is -2.20. The lowest BCUT2D eigenvalue weighted by atomic mass is 9.90. The largest absolute Gasteiger partial charge is 0.519 e. The number of benzene rings is 8. The number of nitrogens with zero attached hydrogens (tertiary/aromatic N) is 3. The fourth-order valence-electron chi connectivity index (χ4n) is 9.47. The summed E-state index contributed by atoms with van der Waals surface area (Å²) in [5, 5.41) is 14.9. The van der Waals surface area contributed by atoms with Crippen LogP contribution < -0.4 is 4.81 Å². The lowest BCUT2D eigenvalue weighted by molar-refractivity contribution is 1.19. The Labute approximate surface area is 300 Å². The first kappa shape index (κ1) is 28.0. The summed E-state index contributed by atoms with van der Waals surface area (Å²) in [7, 11) is -0.204. The van der Waals surface area contributed by atoms with Crippen LogP contribution in [0.2, 0.25) is 0 Å². The fraction of sp³-hybridized carbons (Fsp3) is 0. The summed E-state index contributed by atoms with van der Waals surface area (Å²) in [6, 6.07) is 67.5. The first-order valence-electron chi connectivity index (χ1n) is 18.1. The molecule has 0 unspecified atom stereocenters. The molecule has 2 aliphatic heterocycles. The zero-order chi connectivity index (χ0) is 33.9. The van der Waals surface area contributed by atoms with Crippen molar-refractivity contribution in [2.45, 2.75) is 0 Å². The van der Waals surface area contributed by atoms with E-state index in [1.807, 2.05) is 0 Å². The van der Waals surface area contributed by atoms with E-state index >= 15 is 0 Å². The lowest BCUT2D eigenvalue weighted by Crippen LogP contribution is -2.41. The van der Waals surface area contributed by atoms with Crippen molar-refractivity contribution in [3.05, 3.63) is 182 Å². The highest BCUT2D eigenvalue weighted by molar-refractivity contribution is 6.71. The van der Waals surface area contributed by atoms with Gasteiger partial charge in [-0.25, -0.2) is 0 Å². The zero-order valence-electron chi connectivity index (χ0n) is 28.2. The summed E-state index contributed by atoms with van der Waals surface area (Å²) in [4.78, 5) is 2.59. The van der Waals surface area contributed by atoms with Gasteiger partial charge in [-0.05, 0) is 67.4 Å². The Morgan fingerprint density at radius 3 is 0.885 bits per heavy atom. The van der Waals surface area contributed by atoms with Gasteiger partial charge in [-0.3, -0.25) is 0 Å². The number of anilines is 2. The van der Waals surface area contributed by atoms with Crippen molar-refractivity contribution in [3.63, 3.8) is 0 Å². The monoisotopic (exact) mass is 659 g/mol. The number of hydrogen-bond acceptors (Lipinski definition) is 1. The van der Waals surface area contributed by atoms with Gasteiger partial charge in [-0.1, -0.05) is 158 Å². The minimum absolute atomic E-state index is 0.204. The normalized spacial score (nSPS) is 12.9. The van der Waals surface area contributed by atoms with E-state index in [1.54, 1.807) is 0 Å². The van der Waals surface area contributed by atoms with E-state index in [-0.39, 0.29) is 7.12 Å². The third-order valence-electron chi connectivity index (χ3n) is 11.5. The van der Waals surface area contributed by atoms with E-state index < -0.39 is 0 Å². The van der Waals surface area contributed by atoms with Gasteiger partial charge < -0.3 is 13.8 Å².